The highest BCUT2D eigenvalue weighted by Gasteiger charge is 2.25. The van der Waals surface area contributed by atoms with E-state index in [4.69, 9.17) is 5.11 Å². The van der Waals surface area contributed by atoms with Crippen molar-refractivity contribution in [1.29, 1.82) is 0 Å². The Kier molecular flexibility index (Phi) is 3.66. The third kappa shape index (κ3) is 2.78. The lowest BCUT2D eigenvalue weighted by molar-refractivity contribution is -0.141. The van der Waals surface area contributed by atoms with Crippen LogP contribution in [0.5, 0.6) is 0 Å². The summed E-state index contributed by atoms with van der Waals surface area (Å²) in [6.45, 7) is -0.307. The van der Waals surface area contributed by atoms with E-state index in [0.29, 0.717) is 5.70 Å². The topological polar surface area (TPSA) is 57.6 Å². The van der Waals surface area contributed by atoms with Crippen LogP contribution >= 0.6 is 11.8 Å². The fourth-order valence-electron chi connectivity index (χ4n) is 2.35. The monoisotopic (exact) mass is 299 g/mol. The Hall–Kier alpha value is -2.27. The van der Waals surface area contributed by atoms with Gasteiger partial charge >= 0.3 is 5.97 Å². The molecule has 1 heterocycles. The molecule has 0 atom stereocenters. The lowest BCUT2D eigenvalue weighted by atomic mass is 10.0. The van der Waals surface area contributed by atoms with Crippen LogP contribution in [-0.2, 0) is 9.59 Å². The maximum Gasteiger partial charge on any atom is 0.323 e. The summed E-state index contributed by atoms with van der Waals surface area (Å²) in [4.78, 5) is 24.3. The molecule has 0 radical (unpaired) electrons. The molecule has 1 amide bonds. The predicted octanol–water partition coefficient (Wildman–Crippen LogP) is 2.80. The minimum Gasteiger partial charge on any atom is -0.480 e. The molecule has 1 aliphatic heterocycles. The molecule has 3 rings (SSSR count). The van der Waals surface area contributed by atoms with Crippen LogP contribution in [0.3, 0.4) is 0 Å². The number of hydrogen-bond donors (Lipinski definition) is 1. The van der Waals surface area contributed by atoms with E-state index >= 15 is 0 Å². The third-order valence-electron chi connectivity index (χ3n) is 3.33. The van der Waals surface area contributed by atoms with Gasteiger partial charge in [-0.25, -0.2) is 0 Å². The molecule has 0 unspecified atom stereocenters. The molecular weight excluding hydrogens is 286 g/mol. The van der Waals surface area contributed by atoms with Crippen LogP contribution in [0, 0.1) is 0 Å². The molecule has 0 fully saturated rings. The summed E-state index contributed by atoms with van der Waals surface area (Å²) in [5.74, 6) is -0.903. The summed E-state index contributed by atoms with van der Waals surface area (Å²) in [5.41, 5.74) is 1.51. The van der Waals surface area contributed by atoms with Crippen molar-refractivity contribution in [2.45, 2.75) is 0 Å². The molecule has 1 N–H and O–H groups in total. The first-order valence-corrected chi connectivity index (χ1v) is 7.53. The average molecular weight is 299 g/mol. The van der Waals surface area contributed by atoms with Crippen LogP contribution in [0.15, 0.2) is 47.9 Å². The largest absolute Gasteiger partial charge is 0.480 e. The molecule has 5 heteroatoms. The van der Waals surface area contributed by atoms with Gasteiger partial charge in [0.05, 0.1) is 11.4 Å². The van der Waals surface area contributed by atoms with Crippen molar-refractivity contribution >= 4 is 40.1 Å². The van der Waals surface area contributed by atoms with E-state index in [9.17, 15) is 9.59 Å². The quantitative estimate of drug-likeness (QED) is 0.947. The number of fused-ring (bicyclic) bond motifs is 1. The second-order valence-electron chi connectivity index (χ2n) is 4.75. The average Bonchev–Trinajstić information content (AvgIpc) is 2.48. The highest BCUT2D eigenvalue weighted by Crippen LogP contribution is 2.29. The van der Waals surface area contributed by atoms with E-state index < -0.39 is 5.97 Å². The Morgan fingerprint density at radius 3 is 2.71 bits per heavy atom. The van der Waals surface area contributed by atoms with Gasteiger partial charge in [0.2, 0.25) is 5.91 Å². The number of carbonyl (C=O) groups excluding carboxylic acids is 1. The lowest BCUT2D eigenvalue weighted by Crippen LogP contribution is -2.37. The molecule has 1 aliphatic rings. The standard InChI is InChI=1S/C16H13NO3S/c18-15-10-21-9-14(17(15)8-16(19)20)13-6-5-11-3-1-2-4-12(11)7-13/h1-7,9H,8,10H2,(H,19,20). The normalized spacial score (nSPS) is 15.1. The number of carbonyl (C=O) groups is 2. The molecule has 0 aliphatic carbocycles. The Balaban J connectivity index is 2.04. The molecule has 0 saturated heterocycles. The smallest absolute Gasteiger partial charge is 0.323 e. The molecular formula is C16H13NO3S. The molecule has 4 nitrogen and oxygen atoms in total. The molecule has 21 heavy (non-hydrogen) atoms. The molecule has 0 aromatic heterocycles. The summed E-state index contributed by atoms with van der Waals surface area (Å²) in [6.07, 6.45) is 0. The summed E-state index contributed by atoms with van der Waals surface area (Å²) in [6, 6.07) is 13.8. The second-order valence-corrected chi connectivity index (χ2v) is 5.61. The zero-order valence-corrected chi connectivity index (χ0v) is 12.0. The molecule has 0 saturated carbocycles. The lowest BCUT2D eigenvalue weighted by Gasteiger charge is -2.27. The van der Waals surface area contributed by atoms with Gasteiger partial charge in [0.1, 0.15) is 6.54 Å². The summed E-state index contributed by atoms with van der Waals surface area (Å²) < 4.78 is 0. The first-order valence-electron chi connectivity index (χ1n) is 6.48. The first kappa shape index (κ1) is 13.7. The minimum atomic E-state index is -1.01. The van der Waals surface area contributed by atoms with Crippen LogP contribution in [0.25, 0.3) is 16.5 Å². The van der Waals surface area contributed by atoms with Gasteiger partial charge in [0.15, 0.2) is 0 Å². The third-order valence-corrected chi connectivity index (χ3v) is 4.14. The molecule has 2 aromatic carbocycles. The van der Waals surface area contributed by atoms with Crippen LogP contribution in [0.4, 0.5) is 0 Å². The Morgan fingerprint density at radius 1 is 1.19 bits per heavy atom. The van der Waals surface area contributed by atoms with Crippen molar-refractivity contribution in [2.24, 2.45) is 0 Å². The molecule has 0 bridgehead atoms. The van der Waals surface area contributed by atoms with Crippen molar-refractivity contribution in [3.05, 3.63) is 53.4 Å². The number of carboxylic acids is 1. The maximum absolute atomic E-state index is 12.0. The number of rotatable bonds is 3. The van der Waals surface area contributed by atoms with Gasteiger partial charge in [0.25, 0.3) is 0 Å². The Bertz CT molecular complexity index is 754. The van der Waals surface area contributed by atoms with Crippen LogP contribution in [0.1, 0.15) is 5.56 Å². The highest BCUT2D eigenvalue weighted by atomic mass is 32.2. The number of aliphatic carboxylic acids is 1. The Labute approximate surface area is 126 Å². The SMILES string of the molecule is O=C(O)CN1C(=O)CSC=C1c1ccc2ccccc2c1. The van der Waals surface area contributed by atoms with Gasteiger partial charge in [-0.15, -0.1) is 11.8 Å². The zero-order valence-electron chi connectivity index (χ0n) is 11.2. The molecule has 0 spiro atoms. The second kappa shape index (κ2) is 5.61. The van der Waals surface area contributed by atoms with Gasteiger partial charge in [-0.2, -0.15) is 0 Å². The van der Waals surface area contributed by atoms with Crippen molar-refractivity contribution in [1.82, 2.24) is 4.90 Å². The van der Waals surface area contributed by atoms with Crippen molar-refractivity contribution in [3.8, 4) is 0 Å². The fourth-order valence-corrected chi connectivity index (χ4v) is 3.15. The number of thioether (sulfide) groups is 1. The van der Waals surface area contributed by atoms with E-state index in [1.165, 1.54) is 16.7 Å². The highest BCUT2D eigenvalue weighted by molar-refractivity contribution is 8.03. The number of hydrogen-bond acceptors (Lipinski definition) is 3. The minimum absolute atomic E-state index is 0.173. The first-order chi connectivity index (χ1) is 10.1. The van der Waals surface area contributed by atoms with Gasteiger partial charge in [-0.1, -0.05) is 36.4 Å². The van der Waals surface area contributed by atoms with Crippen LogP contribution < -0.4 is 0 Å². The summed E-state index contributed by atoms with van der Waals surface area (Å²) in [5, 5.41) is 13.0. The zero-order chi connectivity index (χ0) is 14.8. The summed E-state index contributed by atoms with van der Waals surface area (Å²) in [7, 11) is 0. The van der Waals surface area contributed by atoms with Gasteiger partial charge in [-0.05, 0) is 27.8 Å². The van der Waals surface area contributed by atoms with Crippen molar-refractivity contribution < 1.29 is 14.7 Å². The van der Waals surface area contributed by atoms with E-state index in [1.54, 1.807) is 0 Å². The van der Waals surface area contributed by atoms with E-state index in [2.05, 4.69) is 0 Å². The number of amides is 1. The van der Waals surface area contributed by atoms with E-state index in [-0.39, 0.29) is 18.2 Å². The van der Waals surface area contributed by atoms with E-state index in [1.807, 2.05) is 47.9 Å². The predicted molar refractivity (Wildman–Crippen MR) is 83.7 cm³/mol. The van der Waals surface area contributed by atoms with Crippen molar-refractivity contribution in [2.75, 3.05) is 12.3 Å². The van der Waals surface area contributed by atoms with E-state index in [0.717, 1.165) is 16.3 Å². The Morgan fingerprint density at radius 2 is 1.95 bits per heavy atom. The van der Waals surface area contributed by atoms with Crippen LogP contribution in [0.2, 0.25) is 0 Å². The molecule has 106 valence electrons. The van der Waals surface area contributed by atoms with Crippen molar-refractivity contribution in [3.63, 3.8) is 0 Å². The maximum atomic E-state index is 12.0. The van der Waals surface area contributed by atoms with Gasteiger partial charge in [0, 0.05) is 0 Å². The summed E-state index contributed by atoms with van der Waals surface area (Å²) >= 11 is 1.40. The number of nitrogens with zero attached hydrogens (tertiary/aromatic N) is 1. The van der Waals surface area contributed by atoms with Crippen LogP contribution in [-0.4, -0.2) is 34.2 Å². The number of carboxylic acid groups (broad SMARTS) is 1. The number of benzene rings is 2. The van der Waals surface area contributed by atoms with Gasteiger partial charge < -0.3 is 5.11 Å². The van der Waals surface area contributed by atoms with Gasteiger partial charge in [-0.3, -0.25) is 14.5 Å². The fraction of sp³-hybridized carbons (Fsp3) is 0.125. The molecule has 2 aromatic rings.